The Morgan fingerprint density at radius 2 is 1.82 bits per heavy atom. The maximum atomic E-state index is 13.3. The second-order valence-electron chi connectivity index (χ2n) is 9.63. The van der Waals surface area contributed by atoms with E-state index in [1.165, 1.54) is 0 Å². The van der Waals surface area contributed by atoms with Crippen LogP contribution >= 0.6 is 11.6 Å². The van der Waals surface area contributed by atoms with Crippen molar-refractivity contribution >= 4 is 40.1 Å². The number of halogens is 1. The number of ether oxygens (including phenoxy) is 1. The van der Waals surface area contributed by atoms with Gasteiger partial charge in [-0.2, -0.15) is 0 Å². The van der Waals surface area contributed by atoms with Gasteiger partial charge in [-0.25, -0.2) is 4.79 Å². The first kappa shape index (κ1) is 24.8. The van der Waals surface area contributed by atoms with E-state index in [4.69, 9.17) is 16.3 Å². The average molecular weight is 469 g/mol. The number of benzene rings is 2. The van der Waals surface area contributed by atoms with E-state index in [1.807, 2.05) is 77.1 Å². The zero-order chi connectivity index (χ0) is 24.3. The molecule has 2 aromatic carbocycles. The van der Waals surface area contributed by atoms with Crippen molar-refractivity contribution in [3.05, 3.63) is 64.3 Å². The zero-order valence-electron chi connectivity index (χ0n) is 20.3. The molecule has 0 atom stereocenters. The van der Waals surface area contributed by atoms with Gasteiger partial charge in [-0.05, 0) is 51.0 Å². The summed E-state index contributed by atoms with van der Waals surface area (Å²) in [6, 6.07) is 13.4. The lowest BCUT2D eigenvalue weighted by molar-refractivity contribution is 0.0635. The number of hydrogen-bond acceptors (Lipinski definition) is 3. The topological polar surface area (TPSA) is 60.3 Å². The number of carbonyl (C=O) groups is 2. The number of fused-ring (bicyclic) bond motifs is 1. The second kappa shape index (κ2) is 10.0. The number of anilines is 1. The van der Waals surface area contributed by atoms with Crippen molar-refractivity contribution in [2.24, 2.45) is 5.92 Å². The number of aromatic nitrogens is 1. The third kappa shape index (κ3) is 5.77. The minimum absolute atomic E-state index is 0.120. The quantitative estimate of drug-likeness (QED) is 0.365. The van der Waals surface area contributed by atoms with Crippen LogP contribution in [0.2, 0.25) is 5.02 Å². The molecule has 5 nitrogen and oxygen atoms in total. The Hall–Kier alpha value is -2.79. The Bertz CT molecular complexity index is 1170. The SMILES string of the molecule is CCCc1c(C(=O)C(C)C)c2ccc(NC(=O)OC(C)(C)C)cc2n1Cc1ccccc1Cl. The number of Topliss-reactive ketones (excluding diaryl/α,β-unsaturated/α-hetero) is 1. The molecule has 0 unspecified atom stereocenters. The molecule has 0 saturated heterocycles. The van der Waals surface area contributed by atoms with Crippen LogP contribution in [-0.2, 0) is 17.7 Å². The molecule has 0 bridgehead atoms. The molecule has 0 aliphatic rings. The molecule has 3 rings (SSSR count). The van der Waals surface area contributed by atoms with Crippen LogP contribution in [0.5, 0.6) is 0 Å². The summed E-state index contributed by atoms with van der Waals surface area (Å²) in [7, 11) is 0. The van der Waals surface area contributed by atoms with Crippen molar-refractivity contribution in [2.75, 3.05) is 5.32 Å². The molecule has 0 aliphatic heterocycles. The number of nitrogens with one attached hydrogen (secondary N) is 1. The normalized spacial score (nSPS) is 11.8. The van der Waals surface area contributed by atoms with Gasteiger partial charge in [0.15, 0.2) is 5.78 Å². The minimum Gasteiger partial charge on any atom is -0.444 e. The van der Waals surface area contributed by atoms with E-state index in [0.29, 0.717) is 17.3 Å². The molecule has 0 fully saturated rings. The standard InChI is InChI=1S/C27H33ClN2O3/c1-7-10-22-24(25(31)17(2)3)20-14-13-19(29-26(32)33-27(4,5)6)15-23(20)30(22)16-18-11-8-9-12-21(18)28/h8-9,11-15,17H,7,10,16H2,1-6H3,(H,29,32). The predicted octanol–water partition coefficient (Wildman–Crippen LogP) is 7.48. The van der Waals surface area contributed by atoms with E-state index in [0.717, 1.165) is 40.6 Å². The van der Waals surface area contributed by atoms with E-state index >= 15 is 0 Å². The maximum absolute atomic E-state index is 13.3. The number of nitrogens with zero attached hydrogens (tertiary/aromatic N) is 1. The van der Waals surface area contributed by atoms with E-state index in [9.17, 15) is 9.59 Å². The number of carbonyl (C=O) groups excluding carboxylic acids is 2. The van der Waals surface area contributed by atoms with E-state index in [-0.39, 0.29) is 11.7 Å². The van der Waals surface area contributed by atoms with Crippen molar-refractivity contribution in [1.29, 1.82) is 0 Å². The van der Waals surface area contributed by atoms with Gasteiger partial charge in [-0.15, -0.1) is 0 Å². The summed E-state index contributed by atoms with van der Waals surface area (Å²) >= 11 is 6.48. The molecule has 1 amide bonds. The molecule has 0 radical (unpaired) electrons. The summed E-state index contributed by atoms with van der Waals surface area (Å²) in [6.45, 7) is 12.0. The second-order valence-corrected chi connectivity index (χ2v) is 10.0. The first-order chi connectivity index (χ1) is 15.5. The van der Waals surface area contributed by atoms with E-state index in [2.05, 4.69) is 16.8 Å². The van der Waals surface area contributed by atoms with Crippen LogP contribution in [0.25, 0.3) is 10.9 Å². The summed E-state index contributed by atoms with van der Waals surface area (Å²) in [6.07, 6.45) is 1.15. The van der Waals surface area contributed by atoms with Crippen LogP contribution in [0.1, 0.15) is 69.6 Å². The largest absolute Gasteiger partial charge is 0.444 e. The molecule has 176 valence electrons. The monoisotopic (exact) mass is 468 g/mol. The third-order valence-corrected chi connectivity index (χ3v) is 5.73. The van der Waals surface area contributed by atoms with Crippen molar-refractivity contribution < 1.29 is 14.3 Å². The van der Waals surface area contributed by atoms with Gasteiger partial charge in [0.1, 0.15) is 5.60 Å². The minimum atomic E-state index is -0.594. The Balaban J connectivity index is 2.18. The third-order valence-electron chi connectivity index (χ3n) is 5.36. The first-order valence-electron chi connectivity index (χ1n) is 11.4. The van der Waals surface area contributed by atoms with Gasteiger partial charge in [0, 0.05) is 39.8 Å². The van der Waals surface area contributed by atoms with Gasteiger partial charge >= 0.3 is 6.09 Å². The maximum Gasteiger partial charge on any atom is 0.412 e. The molecule has 0 aliphatic carbocycles. The number of ketones is 1. The molecular weight excluding hydrogens is 436 g/mol. The molecule has 0 saturated carbocycles. The van der Waals surface area contributed by atoms with Crippen molar-refractivity contribution in [3.63, 3.8) is 0 Å². The van der Waals surface area contributed by atoms with Gasteiger partial charge in [0.05, 0.1) is 5.52 Å². The highest BCUT2D eigenvalue weighted by Crippen LogP contribution is 2.33. The highest BCUT2D eigenvalue weighted by Gasteiger charge is 2.25. The van der Waals surface area contributed by atoms with Crippen molar-refractivity contribution in [3.8, 4) is 0 Å². The summed E-state index contributed by atoms with van der Waals surface area (Å²) < 4.78 is 7.57. The van der Waals surface area contributed by atoms with Crippen LogP contribution < -0.4 is 5.32 Å². The van der Waals surface area contributed by atoms with Gasteiger partial charge in [-0.1, -0.05) is 63.1 Å². The molecule has 3 aromatic rings. The summed E-state index contributed by atoms with van der Waals surface area (Å²) in [5.41, 5.74) is 3.64. The van der Waals surface area contributed by atoms with Crippen LogP contribution in [-0.4, -0.2) is 22.0 Å². The highest BCUT2D eigenvalue weighted by atomic mass is 35.5. The van der Waals surface area contributed by atoms with Crippen LogP contribution in [0.4, 0.5) is 10.5 Å². The van der Waals surface area contributed by atoms with Crippen molar-refractivity contribution in [1.82, 2.24) is 4.57 Å². The van der Waals surface area contributed by atoms with Gasteiger partial charge in [0.2, 0.25) is 0 Å². The lowest BCUT2D eigenvalue weighted by atomic mass is 9.96. The predicted molar refractivity (Wildman–Crippen MR) is 136 cm³/mol. The number of rotatable bonds is 7. The molecule has 6 heteroatoms. The lowest BCUT2D eigenvalue weighted by Crippen LogP contribution is -2.27. The van der Waals surface area contributed by atoms with E-state index in [1.54, 1.807) is 0 Å². The summed E-state index contributed by atoms with van der Waals surface area (Å²) in [5.74, 6) is -0.00579. The summed E-state index contributed by atoms with van der Waals surface area (Å²) in [5, 5.41) is 4.39. The Morgan fingerprint density at radius 3 is 2.42 bits per heavy atom. The first-order valence-corrected chi connectivity index (χ1v) is 11.8. The van der Waals surface area contributed by atoms with Gasteiger partial charge in [-0.3, -0.25) is 10.1 Å². The van der Waals surface area contributed by atoms with Gasteiger partial charge < -0.3 is 9.30 Å². The molecule has 1 N–H and O–H groups in total. The van der Waals surface area contributed by atoms with Crippen LogP contribution in [0, 0.1) is 5.92 Å². The lowest BCUT2D eigenvalue weighted by Gasteiger charge is -2.19. The van der Waals surface area contributed by atoms with Crippen LogP contribution in [0.3, 0.4) is 0 Å². The fourth-order valence-electron chi connectivity index (χ4n) is 3.94. The fraction of sp³-hybridized carbons (Fsp3) is 0.407. The van der Waals surface area contributed by atoms with Gasteiger partial charge in [0.25, 0.3) is 0 Å². The van der Waals surface area contributed by atoms with Crippen molar-refractivity contribution in [2.45, 2.75) is 66.5 Å². The Labute approximate surface area is 201 Å². The highest BCUT2D eigenvalue weighted by molar-refractivity contribution is 6.31. The smallest absolute Gasteiger partial charge is 0.412 e. The zero-order valence-corrected chi connectivity index (χ0v) is 21.0. The van der Waals surface area contributed by atoms with E-state index < -0.39 is 11.7 Å². The average Bonchev–Trinajstić information content (AvgIpc) is 3.00. The molecule has 0 spiro atoms. The molecular formula is C27H33ClN2O3. The van der Waals surface area contributed by atoms with Crippen LogP contribution in [0.15, 0.2) is 42.5 Å². The molecule has 1 aromatic heterocycles. The Morgan fingerprint density at radius 1 is 1.12 bits per heavy atom. The number of hydrogen-bond donors (Lipinski definition) is 1. The summed E-state index contributed by atoms with van der Waals surface area (Å²) in [4.78, 5) is 25.6. The molecule has 1 heterocycles. The molecule has 33 heavy (non-hydrogen) atoms. The number of amides is 1. The Kier molecular flexibility index (Phi) is 7.53. The fourth-order valence-corrected chi connectivity index (χ4v) is 4.13.